The lowest BCUT2D eigenvalue weighted by atomic mass is 9.80. The van der Waals surface area contributed by atoms with Gasteiger partial charge in [0.25, 0.3) is 0 Å². The van der Waals surface area contributed by atoms with E-state index in [0.29, 0.717) is 5.92 Å². The van der Waals surface area contributed by atoms with E-state index in [1.165, 1.54) is 44.9 Å². The van der Waals surface area contributed by atoms with Crippen molar-refractivity contribution in [2.75, 3.05) is 0 Å². The van der Waals surface area contributed by atoms with E-state index in [-0.39, 0.29) is 0 Å². The summed E-state index contributed by atoms with van der Waals surface area (Å²) in [7, 11) is 0. The molecule has 0 bridgehead atoms. The lowest BCUT2D eigenvalue weighted by Crippen LogP contribution is -2.13. The highest BCUT2D eigenvalue weighted by Crippen LogP contribution is 2.37. The van der Waals surface area contributed by atoms with E-state index < -0.39 is 0 Å². The lowest BCUT2D eigenvalue weighted by molar-refractivity contribution is 0.280. The SMILES string of the molecule is CCCCC1CCC(c2nc3ncccc3o2)CC1. The van der Waals surface area contributed by atoms with Crippen LogP contribution in [0.5, 0.6) is 0 Å². The Labute approximate surface area is 114 Å². The molecule has 2 aromatic rings. The van der Waals surface area contributed by atoms with Crippen LogP contribution in [0.2, 0.25) is 0 Å². The smallest absolute Gasteiger partial charge is 0.200 e. The maximum absolute atomic E-state index is 5.85. The fourth-order valence-corrected chi connectivity index (χ4v) is 3.15. The molecule has 1 saturated carbocycles. The summed E-state index contributed by atoms with van der Waals surface area (Å²) in [5, 5.41) is 0. The molecule has 19 heavy (non-hydrogen) atoms. The van der Waals surface area contributed by atoms with Crippen molar-refractivity contribution >= 4 is 11.2 Å². The first kappa shape index (κ1) is 12.6. The molecule has 3 nitrogen and oxygen atoms in total. The summed E-state index contributed by atoms with van der Waals surface area (Å²) in [5.74, 6) is 2.34. The molecule has 1 fully saturated rings. The second-order valence-electron chi connectivity index (χ2n) is 5.74. The summed E-state index contributed by atoms with van der Waals surface area (Å²) in [4.78, 5) is 8.79. The van der Waals surface area contributed by atoms with E-state index in [9.17, 15) is 0 Å². The number of nitrogens with zero attached hydrogens (tertiary/aromatic N) is 2. The van der Waals surface area contributed by atoms with Crippen LogP contribution in [0.15, 0.2) is 22.7 Å². The quantitative estimate of drug-likeness (QED) is 0.798. The van der Waals surface area contributed by atoms with Crippen LogP contribution < -0.4 is 0 Å². The first-order valence-electron chi connectivity index (χ1n) is 7.58. The first-order chi connectivity index (χ1) is 9.36. The van der Waals surface area contributed by atoms with Crippen LogP contribution in [-0.4, -0.2) is 9.97 Å². The highest BCUT2D eigenvalue weighted by molar-refractivity contribution is 5.66. The summed E-state index contributed by atoms with van der Waals surface area (Å²) in [6.45, 7) is 2.27. The molecule has 0 aliphatic heterocycles. The van der Waals surface area contributed by atoms with E-state index in [0.717, 1.165) is 23.0 Å². The highest BCUT2D eigenvalue weighted by atomic mass is 16.3. The number of pyridine rings is 1. The molecule has 3 rings (SSSR count). The van der Waals surface area contributed by atoms with Gasteiger partial charge in [-0.3, -0.25) is 0 Å². The maximum Gasteiger partial charge on any atom is 0.200 e. The molecular weight excluding hydrogens is 236 g/mol. The molecule has 0 aromatic carbocycles. The van der Waals surface area contributed by atoms with Crippen molar-refractivity contribution in [3.8, 4) is 0 Å². The Bertz CT molecular complexity index is 493. The van der Waals surface area contributed by atoms with E-state index in [4.69, 9.17) is 4.42 Å². The molecule has 0 atom stereocenters. The zero-order valence-corrected chi connectivity index (χ0v) is 11.6. The fraction of sp³-hybridized carbons (Fsp3) is 0.625. The molecule has 0 amide bonds. The van der Waals surface area contributed by atoms with Gasteiger partial charge in [0.2, 0.25) is 0 Å². The van der Waals surface area contributed by atoms with Gasteiger partial charge in [0.15, 0.2) is 17.1 Å². The van der Waals surface area contributed by atoms with Crippen LogP contribution in [0.1, 0.15) is 63.7 Å². The molecule has 2 aromatic heterocycles. The van der Waals surface area contributed by atoms with Crippen LogP contribution in [0.4, 0.5) is 0 Å². The second-order valence-corrected chi connectivity index (χ2v) is 5.74. The number of oxazole rings is 1. The van der Waals surface area contributed by atoms with Gasteiger partial charge in [0.05, 0.1) is 0 Å². The zero-order chi connectivity index (χ0) is 13.1. The molecule has 0 radical (unpaired) electrons. The monoisotopic (exact) mass is 258 g/mol. The number of fused-ring (bicyclic) bond motifs is 1. The maximum atomic E-state index is 5.85. The lowest BCUT2D eigenvalue weighted by Gasteiger charge is -2.26. The van der Waals surface area contributed by atoms with Crippen LogP contribution in [-0.2, 0) is 0 Å². The average molecular weight is 258 g/mol. The number of unbranched alkanes of at least 4 members (excludes halogenated alkanes) is 1. The van der Waals surface area contributed by atoms with Gasteiger partial charge in [-0.2, -0.15) is 4.98 Å². The van der Waals surface area contributed by atoms with Gasteiger partial charge in [-0.05, 0) is 43.7 Å². The fourth-order valence-electron chi connectivity index (χ4n) is 3.15. The Morgan fingerprint density at radius 2 is 2.11 bits per heavy atom. The highest BCUT2D eigenvalue weighted by Gasteiger charge is 2.25. The van der Waals surface area contributed by atoms with Gasteiger partial charge in [-0.25, -0.2) is 4.98 Å². The summed E-state index contributed by atoms with van der Waals surface area (Å²) in [5.41, 5.74) is 1.58. The largest absolute Gasteiger partial charge is 0.439 e. The summed E-state index contributed by atoms with van der Waals surface area (Å²) in [6, 6.07) is 3.85. The van der Waals surface area contributed by atoms with Gasteiger partial charge in [0.1, 0.15) is 0 Å². The molecule has 1 aliphatic carbocycles. The first-order valence-corrected chi connectivity index (χ1v) is 7.58. The van der Waals surface area contributed by atoms with E-state index in [1.807, 2.05) is 12.1 Å². The van der Waals surface area contributed by atoms with Crippen molar-refractivity contribution in [1.82, 2.24) is 9.97 Å². The molecule has 0 N–H and O–H groups in total. The third-order valence-electron chi connectivity index (χ3n) is 4.34. The number of hydrogen-bond donors (Lipinski definition) is 0. The van der Waals surface area contributed by atoms with Crippen LogP contribution in [0, 0.1) is 5.92 Å². The van der Waals surface area contributed by atoms with E-state index in [2.05, 4.69) is 16.9 Å². The van der Waals surface area contributed by atoms with Crippen molar-refractivity contribution in [1.29, 1.82) is 0 Å². The third-order valence-corrected chi connectivity index (χ3v) is 4.34. The summed E-state index contributed by atoms with van der Waals surface area (Å²) in [6.07, 6.45) is 11.0. The molecule has 102 valence electrons. The third kappa shape index (κ3) is 2.80. The summed E-state index contributed by atoms with van der Waals surface area (Å²) < 4.78 is 5.85. The van der Waals surface area contributed by atoms with Crippen molar-refractivity contribution in [3.63, 3.8) is 0 Å². The Morgan fingerprint density at radius 1 is 1.26 bits per heavy atom. The standard InChI is InChI=1S/C16H22N2O/c1-2-3-5-12-7-9-13(10-8-12)16-18-15-14(19-16)6-4-11-17-15/h4,6,11-13H,2-3,5,7-10H2,1H3. The minimum Gasteiger partial charge on any atom is -0.439 e. The van der Waals surface area contributed by atoms with Crippen molar-refractivity contribution in [2.24, 2.45) is 5.92 Å². The molecule has 3 heteroatoms. The number of rotatable bonds is 4. The molecule has 0 unspecified atom stereocenters. The predicted octanol–water partition coefficient (Wildman–Crippen LogP) is 4.69. The van der Waals surface area contributed by atoms with Crippen LogP contribution in [0.25, 0.3) is 11.2 Å². The number of aromatic nitrogens is 2. The molecular formula is C16H22N2O. The summed E-state index contributed by atoms with van der Waals surface area (Å²) >= 11 is 0. The Kier molecular flexibility index (Phi) is 3.81. The van der Waals surface area contributed by atoms with Crippen LogP contribution >= 0.6 is 0 Å². The molecule has 0 saturated heterocycles. The van der Waals surface area contributed by atoms with Gasteiger partial charge >= 0.3 is 0 Å². The zero-order valence-electron chi connectivity index (χ0n) is 11.6. The average Bonchev–Trinajstić information content (AvgIpc) is 2.89. The van der Waals surface area contributed by atoms with E-state index >= 15 is 0 Å². The van der Waals surface area contributed by atoms with Crippen molar-refractivity contribution in [3.05, 3.63) is 24.2 Å². The Balaban J connectivity index is 1.64. The minimum atomic E-state index is 0.507. The minimum absolute atomic E-state index is 0.507. The second kappa shape index (κ2) is 5.72. The van der Waals surface area contributed by atoms with Gasteiger partial charge in [-0.1, -0.05) is 26.2 Å². The predicted molar refractivity (Wildman–Crippen MR) is 76.0 cm³/mol. The Hall–Kier alpha value is -1.38. The Morgan fingerprint density at radius 3 is 2.84 bits per heavy atom. The molecule has 1 aliphatic rings. The van der Waals surface area contributed by atoms with Crippen molar-refractivity contribution in [2.45, 2.75) is 57.8 Å². The number of hydrogen-bond acceptors (Lipinski definition) is 3. The van der Waals surface area contributed by atoms with Gasteiger partial charge < -0.3 is 4.42 Å². The van der Waals surface area contributed by atoms with Crippen LogP contribution in [0.3, 0.4) is 0 Å². The topological polar surface area (TPSA) is 38.9 Å². The molecule has 2 heterocycles. The van der Waals surface area contributed by atoms with E-state index in [1.54, 1.807) is 6.20 Å². The van der Waals surface area contributed by atoms with Gasteiger partial charge in [-0.15, -0.1) is 0 Å². The van der Waals surface area contributed by atoms with Gasteiger partial charge in [0, 0.05) is 12.1 Å². The normalized spacial score (nSPS) is 23.8. The molecule has 0 spiro atoms. The van der Waals surface area contributed by atoms with Crippen molar-refractivity contribution < 1.29 is 4.42 Å².